The van der Waals surface area contributed by atoms with E-state index in [1.54, 1.807) is 23.1 Å². The van der Waals surface area contributed by atoms with Gasteiger partial charge < -0.3 is 10.0 Å². The van der Waals surface area contributed by atoms with Gasteiger partial charge in [-0.1, -0.05) is 0 Å². The Kier molecular flexibility index (Phi) is 3.97. The van der Waals surface area contributed by atoms with E-state index in [0.717, 1.165) is 15.5 Å². The second kappa shape index (κ2) is 5.32. The van der Waals surface area contributed by atoms with Crippen molar-refractivity contribution in [2.75, 3.05) is 18.1 Å². The number of thiophene rings is 1. The summed E-state index contributed by atoms with van der Waals surface area (Å²) in [6.45, 7) is 4.36. The van der Waals surface area contributed by atoms with Crippen molar-refractivity contribution in [2.24, 2.45) is 0 Å². The molecule has 0 bridgehead atoms. The third-order valence-corrected chi connectivity index (χ3v) is 4.93. The van der Waals surface area contributed by atoms with Crippen LogP contribution in [0.2, 0.25) is 0 Å². The van der Waals surface area contributed by atoms with Crippen LogP contribution in [0.15, 0.2) is 6.07 Å². The van der Waals surface area contributed by atoms with E-state index in [4.69, 9.17) is 0 Å². The third kappa shape index (κ3) is 2.54. The molecule has 1 aliphatic rings. The van der Waals surface area contributed by atoms with E-state index in [1.165, 1.54) is 4.90 Å². The molecule has 1 fully saturated rings. The summed E-state index contributed by atoms with van der Waals surface area (Å²) in [5, 5.41) is 9.17. The van der Waals surface area contributed by atoms with Crippen LogP contribution in [0.4, 0.5) is 0 Å². The number of nitrogens with zero attached hydrogens (tertiary/aromatic N) is 1. The zero-order valence-corrected chi connectivity index (χ0v) is 11.9. The number of carboxylic acids is 1. The second-order valence-electron chi connectivity index (χ2n) is 4.25. The number of carboxylic acid groups (broad SMARTS) is 1. The minimum atomic E-state index is -0.917. The molecule has 0 radical (unpaired) electrons. The Labute approximate surface area is 114 Å². The predicted molar refractivity (Wildman–Crippen MR) is 73.6 cm³/mol. The molecular formula is C12H15NO3S2. The molecule has 1 amide bonds. The van der Waals surface area contributed by atoms with Crippen molar-refractivity contribution in [1.29, 1.82) is 0 Å². The van der Waals surface area contributed by atoms with Crippen LogP contribution < -0.4 is 0 Å². The SMILES string of the molecule is Cc1cc(C(=O)N2CCSCC2C(=O)O)c(C)s1. The van der Waals surface area contributed by atoms with E-state index < -0.39 is 12.0 Å². The fraction of sp³-hybridized carbons (Fsp3) is 0.500. The van der Waals surface area contributed by atoms with Crippen molar-refractivity contribution in [3.05, 3.63) is 21.4 Å². The van der Waals surface area contributed by atoms with Gasteiger partial charge in [0.25, 0.3) is 5.91 Å². The molecule has 98 valence electrons. The van der Waals surface area contributed by atoms with Crippen LogP contribution in [0.1, 0.15) is 20.1 Å². The molecule has 1 unspecified atom stereocenters. The highest BCUT2D eigenvalue weighted by Crippen LogP contribution is 2.25. The molecule has 6 heteroatoms. The van der Waals surface area contributed by atoms with Crippen LogP contribution in [-0.4, -0.2) is 46.0 Å². The van der Waals surface area contributed by atoms with Gasteiger partial charge in [-0.2, -0.15) is 11.8 Å². The van der Waals surface area contributed by atoms with E-state index >= 15 is 0 Å². The topological polar surface area (TPSA) is 57.6 Å². The number of hydrogen-bond donors (Lipinski definition) is 1. The van der Waals surface area contributed by atoms with Crippen LogP contribution >= 0.6 is 23.1 Å². The largest absolute Gasteiger partial charge is 0.480 e. The number of aryl methyl sites for hydroxylation is 2. The molecule has 0 spiro atoms. The number of amides is 1. The predicted octanol–water partition coefficient (Wildman–Crippen LogP) is 2.01. The van der Waals surface area contributed by atoms with Gasteiger partial charge in [0.2, 0.25) is 0 Å². The Morgan fingerprint density at radius 1 is 1.44 bits per heavy atom. The maximum atomic E-state index is 12.4. The third-order valence-electron chi connectivity index (χ3n) is 2.95. The molecule has 0 saturated carbocycles. The summed E-state index contributed by atoms with van der Waals surface area (Å²) in [4.78, 5) is 27.1. The van der Waals surface area contributed by atoms with Gasteiger partial charge in [0.05, 0.1) is 5.56 Å². The molecule has 0 aliphatic carbocycles. The Morgan fingerprint density at radius 3 is 2.72 bits per heavy atom. The van der Waals surface area contributed by atoms with Gasteiger partial charge >= 0.3 is 5.97 Å². The molecule has 4 nitrogen and oxygen atoms in total. The number of rotatable bonds is 2. The Hall–Kier alpha value is -1.01. The highest BCUT2D eigenvalue weighted by molar-refractivity contribution is 7.99. The first-order chi connectivity index (χ1) is 8.50. The summed E-state index contributed by atoms with van der Waals surface area (Å²) in [5.41, 5.74) is 0.649. The van der Waals surface area contributed by atoms with E-state index in [0.29, 0.717) is 17.9 Å². The van der Waals surface area contributed by atoms with Crippen molar-refractivity contribution >= 4 is 35.0 Å². The van der Waals surface area contributed by atoms with Crippen LogP contribution in [0.3, 0.4) is 0 Å². The number of thioether (sulfide) groups is 1. The van der Waals surface area contributed by atoms with Crippen molar-refractivity contribution in [1.82, 2.24) is 4.90 Å². The number of carbonyl (C=O) groups excluding carboxylic acids is 1. The lowest BCUT2D eigenvalue weighted by Crippen LogP contribution is -2.50. The summed E-state index contributed by atoms with van der Waals surface area (Å²) in [7, 11) is 0. The molecule has 2 rings (SSSR count). The molecule has 0 aromatic carbocycles. The normalized spacial score (nSPS) is 19.9. The summed E-state index contributed by atoms with van der Waals surface area (Å²) in [6.07, 6.45) is 0. The van der Waals surface area contributed by atoms with Crippen LogP contribution in [0.5, 0.6) is 0 Å². The molecule has 18 heavy (non-hydrogen) atoms. The lowest BCUT2D eigenvalue weighted by atomic mass is 10.2. The molecule has 1 N–H and O–H groups in total. The molecular weight excluding hydrogens is 270 g/mol. The minimum absolute atomic E-state index is 0.149. The second-order valence-corrected chi connectivity index (χ2v) is 6.86. The lowest BCUT2D eigenvalue weighted by molar-refractivity contribution is -0.141. The van der Waals surface area contributed by atoms with Crippen LogP contribution in [0, 0.1) is 13.8 Å². The minimum Gasteiger partial charge on any atom is -0.480 e. The van der Waals surface area contributed by atoms with Gasteiger partial charge in [-0.05, 0) is 19.9 Å². The average molecular weight is 285 g/mol. The average Bonchev–Trinajstić information content (AvgIpc) is 2.67. The standard InChI is InChI=1S/C12H15NO3S2/c1-7-5-9(8(2)18-7)11(14)13-3-4-17-6-10(13)12(15)16/h5,10H,3-4,6H2,1-2H3,(H,15,16). The first kappa shape index (κ1) is 13.4. The zero-order valence-electron chi connectivity index (χ0n) is 10.3. The van der Waals surface area contributed by atoms with Gasteiger partial charge in [0.1, 0.15) is 6.04 Å². The van der Waals surface area contributed by atoms with Crippen LogP contribution in [-0.2, 0) is 4.79 Å². The van der Waals surface area contributed by atoms with E-state index in [9.17, 15) is 14.7 Å². The smallest absolute Gasteiger partial charge is 0.327 e. The highest BCUT2D eigenvalue weighted by Gasteiger charge is 2.33. The van der Waals surface area contributed by atoms with Gasteiger partial charge in [-0.3, -0.25) is 4.79 Å². The van der Waals surface area contributed by atoms with E-state index in [1.807, 2.05) is 19.9 Å². The summed E-state index contributed by atoms with van der Waals surface area (Å²) < 4.78 is 0. The molecule has 1 aromatic heterocycles. The van der Waals surface area contributed by atoms with Crippen molar-refractivity contribution < 1.29 is 14.7 Å². The van der Waals surface area contributed by atoms with Gasteiger partial charge in [-0.25, -0.2) is 4.79 Å². The Bertz CT molecular complexity index is 484. The highest BCUT2D eigenvalue weighted by atomic mass is 32.2. The fourth-order valence-electron chi connectivity index (χ4n) is 2.05. The molecule has 1 atom stereocenters. The summed E-state index contributed by atoms with van der Waals surface area (Å²) in [5.74, 6) is 0.214. The number of aliphatic carboxylic acids is 1. The number of carbonyl (C=O) groups is 2. The van der Waals surface area contributed by atoms with Gasteiger partial charge in [0.15, 0.2) is 0 Å². The number of hydrogen-bond acceptors (Lipinski definition) is 4. The Balaban J connectivity index is 2.26. The maximum Gasteiger partial charge on any atom is 0.327 e. The van der Waals surface area contributed by atoms with Crippen LogP contribution in [0.25, 0.3) is 0 Å². The Morgan fingerprint density at radius 2 is 2.17 bits per heavy atom. The lowest BCUT2D eigenvalue weighted by Gasteiger charge is -2.32. The summed E-state index contributed by atoms with van der Waals surface area (Å²) >= 11 is 3.16. The monoisotopic (exact) mass is 285 g/mol. The van der Waals surface area contributed by atoms with Crippen molar-refractivity contribution in [3.8, 4) is 0 Å². The molecule has 1 saturated heterocycles. The first-order valence-electron chi connectivity index (χ1n) is 5.69. The van der Waals surface area contributed by atoms with E-state index in [-0.39, 0.29) is 5.91 Å². The van der Waals surface area contributed by atoms with Crippen molar-refractivity contribution in [3.63, 3.8) is 0 Å². The summed E-state index contributed by atoms with van der Waals surface area (Å²) in [6, 6.07) is 1.15. The molecule has 2 heterocycles. The van der Waals surface area contributed by atoms with Crippen molar-refractivity contribution in [2.45, 2.75) is 19.9 Å². The fourth-order valence-corrected chi connectivity index (χ4v) is 4.00. The molecule has 1 aromatic rings. The quantitative estimate of drug-likeness (QED) is 0.903. The van der Waals surface area contributed by atoms with Gasteiger partial charge in [-0.15, -0.1) is 11.3 Å². The molecule has 1 aliphatic heterocycles. The van der Waals surface area contributed by atoms with E-state index in [2.05, 4.69) is 0 Å². The maximum absolute atomic E-state index is 12.4. The van der Waals surface area contributed by atoms with Gasteiger partial charge in [0, 0.05) is 27.8 Å². The zero-order chi connectivity index (χ0) is 13.3. The first-order valence-corrected chi connectivity index (χ1v) is 7.66.